The van der Waals surface area contributed by atoms with Crippen LogP contribution in [0.3, 0.4) is 0 Å². The van der Waals surface area contributed by atoms with Gasteiger partial charge in [0.15, 0.2) is 8.68 Å². The van der Waals surface area contributed by atoms with E-state index in [-0.39, 0.29) is 15.2 Å². The van der Waals surface area contributed by atoms with Crippen molar-refractivity contribution >= 4 is 33.0 Å². The molecule has 0 saturated heterocycles. The first-order valence-corrected chi connectivity index (χ1v) is 8.94. The van der Waals surface area contributed by atoms with Crippen molar-refractivity contribution in [3.8, 4) is 5.75 Å². The lowest BCUT2D eigenvalue weighted by atomic mass is 10.2. The number of ether oxygens (including phenoxy) is 1. The highest BCUT2D eigenvalue weighted by molar-refractivity contribution is 7.91. The third kappa shape index (κ3) is 4.16. The van der Waals surface area contributed by atoms with Crippen LogP contribution < -0.4 is 9.46 Å². The zero-order chi connectivity index (χ0) is 15.5. The molecule has 0 atom stereocenters. The molecule has 0 fully saturated rings. The normalized spacial score (nSPS) is 11.6. The number of hydrogen-bond acceptors (Lipinski definition) is 5. The summed E-state index contributed by atoms with van der Waals surface area (Å²) >= 11 is 6.69. The first-order valence-electron chi connectivity index (χ1n) is 6.26. The zero-order valence-electron chi connectivity index (χ0n) is 11.6. The van der Waals surface area contributed by atoms with Gasteiger partial charge in [0, 0.05) is 6.54 Å². The summed E-state index contributed by atoms with van der Waals surface area (Å²) < 4.78 is 32.7. The number of hydrogen-bond donors (Lipinski definition) is 1. The first kappa shape index (κ1) is 16.2. The molecular formula is C13H15ClN2O3S2. The summed E-state index contributed by atoms with van der Waals surface area (Å²) in [6.07, 6.45) is 0. The van der Waals surface area contributed by atoms with Gasteiger partial charge in [0.1, 0.15) is 5.75 Å². The van der Waals surface area contributed by atoms with Crippen molar-refractivity contribution in [2.75, 3.05) is 6.61 Å². The van der Waals surface area contributed by atoms with E-state index in [2.05, 4.69) is 9.71 Å². The molecule has 0 bridgehead atoms. The smallest absolute Gasteiger partial charge is 0.252 e. The fraction of sp³-hybridized carbons (Fsp3) is 0.308. The van der Waals surface area contributed by atoms with Crippen molar-refractivity contribution < 1.29 is 13.2 Å². The quantitative estimate of drug-likeness (QED) is 0.873. The van der Waals surface area contributed by atoms with E-state index in [1.165, 1.54) is 0 Å². The topological polar surface area (TPSA) is 68.3 Å². The van der Waals surface area contributed by atoms with Gasteiger partial charge in [0.05, 0.1) is 12.3 Å². The third-order valence-corrected chi connectivity index (χ3v) is 5.92. The van der Waals surface area contributed by atoms with Gasteiger partial charge in [-0.1, -0.05) is 35.1 Å². The highest BCUT2D eigenvalue weighted by Crippen LogP contribution is 2.26. The second-order valence-corrected chi connectivity index (χ2v) is 7.79. The number of benzene rings is 1. The van der Waals surface area contributed by atoms with Gasteiger partial charge in [0.25, 0.3) is 10.0 Å². The van der Waals surface area contributed by atoms with E-state index in [9.17, 15) is 8.42 Å². The lowest BCUT2D eigenvalue weighted by molar-refractivity contribution is 0.340. The van der Waals surface area contributed by atoms with Crippen LogP contribution in [0, 0.1) is 6.92 Å². The lowest BCUT2D eigenvalue weighted by Crippen LogP contribution is -2.23. The van der Waals surface area contributed by atoms with Crippen LogP contribution in [0.2, 0.25) is 4.47 Å². The SMILES string of the molecule is CCOc1cccc(CNS(=O)(=O)c2sc(Cl)nc2C)c1. The number of aromatic nitrogens is 1. The summed E-state index contributed by atoms with van der Waals surface area (Å²) in [5.41, 5.74) is 1.22. The monoisotopic (exact) mass is 346 g/mol. The summed E-state index contributed by atoms with van der Waals surface area (Å²) in [6, 6.07) is 7.29. The van der Waals surface area contributed by atoms with Gasteiger partial charge in [-0.25, -0.2) is 18.1 Å². The van der Waals surface area contributed by atoms with Gasteiger partial charge in [0.2, 0.25) is 0 Å². The standard InChI is InChI=1S/C13H15ClN2O3S2/c1-3-19-11-6-4-5-10(7-11)8-15-21(17,18)12-9(2)16-13(14)20-12/h4-7,15H,3,8H2,1-2H3. The zero-order valence-corrected chi connectivity index (χ0v) is 14.0. The minimum absolute atomic E-state index is 0.147. The van der Waals surface area contributed by atoms with Crippen molar-refractivity contribution in [1.82, 2.24) is 9.71 Å². The fourth-order valence-corrected chi connectivity index (χ4v) is 4.55. The minimum atomic E-state index is -3.61. The molecule has 2 rings (SSSR count). The average Bonchev–Trinajstić information content (AvgIpc) is 2.77. The van der Waals surface area contributed by atoms with Crippen LogP contribution in [-0.4, -0.2) is 20.0 Å². The molecule has 0 aliphatic heterocycles. The molecule has 0 aliphatic carbocycles. The predicted octanol–water partition coefficient (Wildman–Crippen LogP) is 2.98. The molecule has 1 aromatic carbocycles. The molecule has 8 heteroatoms. The molecule has 5 nitrogen and oxygen atoms in total. The molecule has 0 aliphatic rings. The van der Waals surface area contributed by atoms with Gasteiger partial charge < -0.3 is 4.74 Å². The minimum Gasteiger partial charge on any atom is -0.494 e. The second-order valence-electron chi connectivity index (χ2n) is 4.24. The molecule has 21 heavy (non-hydrogen) atoms. The van der Waals surface area contributed by atoms with Crippen LogP contribution in [0.1, 0.15) is 18.2 Å². The molecule has 1 N–H and O–H groups in total. The Labute approximate surface area is 133 Å². The number of nitrogens with zero attached hydrogens (tertiary/aromatic N) is 1. The summed E-state index contributed by atoms with van der Waals surface area (Å²) in [6.45, 7) is 4.25. The lowest BCUT2D eigenvalue weighted by Gasteiger charge is -2.08. The van der Waals surface area contributed by atoms with Gasteiger partial charge in [-0.3, -0.25) is 0 Å². The van der Waals surface area contributed by atoms with Crippen molar-refractivity contribution in [2.24, 2.45) is 0 Å². The number of thiazole rings is 1. The Morgan fingerprint density at radius 2 is 2.19 bits per heavy atom. The van der Waals surface area contributed by atoms with Crippen LogP contribution in [0.4, 0.5) is 0 Å². The average molecular weight is 347 g/mol. The largest absolute Gasteiger partial charge is 0.494 e. The maximum absolute atomic E-state index is 12.2. The number of aryl methyl sites for hydroxylation is 1. The highest BCUT2D eigenvalue weighted by atomic mass is 35.5. The van der Waals surface area contributed by atoms with Crippen molar-refractivity contribution in [3.63, 3.8) is 0 Å². The molecule has 1 aromatic heterocycles. The predicted molar refractivity (Wildman–Crippen MR) is 83.5 cm³/mol. The Bertz CT molecular complexity index is 729. The maximum Gasteiger partial charge on any atom is 0.252 e. The number of halogens is 1. The summed E-state index contributed by atoms with van der Waals surface area (Å²) in [7, 11) is -3.61. The van der Waals surface area contributed by atoms with E-state index in [0.29, 0.717) is 18.1 Å². The molecule has 114 valence electrons. The Kier molecular flexibility index (Phi) is 5.21. The molecule has 1 heterocycles. The Morgan fingerprint density at radius 3 is 2.81 bits per heavy atom. The van der Waals surface area contributed by atoms with Crippen molar-refractivity contribution in [1.29, 1.82) is 0 Å². The van der Waals surface area contributed by atoms with E-state index in [1.54, 1.807) is 13.0 Å². The van der Waals surface area contributed by atoms with Crippen LogP contribution >= 0.6 is 22.9 Å². The molecule has 0 amide bonds. The van der Waals surface area contributed by atoms with Crippen LogP contribution in [0.15, 0.2) is 28.5 Å². The molecule has 2 aromatic rings. The van der Waals surface area contributed by atoms with Gasteiger partial charge in [-0.15, -0.1) is 0 Å². The number of sulfonamides is 1. The van der Waals surface area contributed by atoms with Gasteiger partial charge >= 0.3 is 0 Å². The molecular weight excluding hydrogens is 332 g/mol. The van der Waals surface area contributed by atoms with E-state index in [4.69, 9.17) is 16.3 Å². The van der Waals surface area contributed by atoms with Crippen LogP contribution in [0.25, 0.3) is 0 Å². The second kappa shape index (κ2) is 6.74. The van der Waals surface area contributed by atoms with Crippen LogP contribution in [-0.2, 0) is 16.6 Å². The highest BCUT2D eigenvalue weighted by Gasteiger charge is 2.21. The number of rotatable bonds is 6. The third-order valence-electron chi connectivity index (χ3n) is 2.65. The molecule has 0 unspecified atom stereocenters. The van der Waals surface area contributed by atoms with Gasteiger partial charge in [-0.2, -0.15) is 0 Å². The molecule has 0 radical (unpaired) electrons. The molecule has 0 saturated carbocycles. The molecule has 0 spiro atoms. The Morgan fingerprint density at radius 1 is 1.43 bits per heavy atom. The van der Waals surface area contributed by atoms with E-state index in [0.717, 1.165) is 16.9 Å². The van der Waals surface area contributed by atoms with Crippen LogP contribution in [0.5, 0.6) is 5.75 Å². The Balaban J connectivity index is 2.12. The van der Waals surface area contributed by atoms with Crippen molar-refractivity contribution in [2.45, 2.75) is 24.6 Å². The number of nitrogens with one attached hydrogen (secondary N) is 1. The summed E-state index contributed by atoms with van der Waals surface area (Å²) in [5.74, 6) is 0.714. The van der Waals surface area contributed by atoms with E-state index >= 15 is 0 Å². The first-order chi connectivity index (χ1) is 9.92. The van der Waals surface area contributed by atoms with Crippen molar-refractivity contribution in [3.05, 3.63) is 40.0 Å². The fourth-order valence-electron chi connectivity index (χ4n) is 1.76. The maximum atomic E-state index is 12.2. The van der Waals surface area contributed by atoms with E-state index < -0.39 is 10.0 Å². The van der Waals surface area contributed by atoms with E-state index in [1.807, 2.05) is 25.1 Å². The summed E-state index contributed by atoms with van der Waals surface area (Å²) in [5, 5.41) is 0. The Hall–Kier alpha value is -1.15. The summed E-state index contributed by atoms with van der Waals surface area (Å²) in [4.78, 5) is 3.92. The van der Waals surface area contributed by atoms with Gasteiger partial charge in [-0.05, 0) is 31.5 Å².